The van der Waals surface area contributed by atoms with Crippen LogP contribution in [0, 0.1) is 6.92 Å². The van der Waals surface area contributed by atoms with Crippen molar-refractivity contribution in [2.24, 2.45) is 0 Å². The van der Waals surface area contributed by atoms with E-state index in [4.69, 9.17) is 17.3 Å². The van der Waals surface area contributed by atoms with Crippen molar-refractivity contribution in [1.29, 1.82) is 0 Å². The number of aryl methyl sites for hydroxylation is 1. The van der Waals surface area contributed by atoms with Crippen LogP contribution in [0.5, 0.6) is 0 Å². The molecule has 0 unspecified atom stereocenters. The molecular formula is C14H12ClF3N2. The van der Waals surface area contributed by atoms with Gasteiger partial charge < -0.3 is 11.1 Å². The Morgan fingerprint density at radius 2 is 1.70 bits per heavy atom. The van der Waals surface area contributed by atoms with Crippen LogP contribution >= 0.6 is 11.6 Å². The van der Waals surface area contributed by atoms with Gasteiger partial charge in [0.25, 0.3) is 0 Å². The Kier molecular flexibility index (Phi) is 3.81. The standard InChI is InChI=1S/C14H12ClF3N2/c1-8-6-10(19)3-5-12(8)20-13-4-2-9(7-11(13)15)14(16,17)18/h2-7,20H,19H2,1H3. The summed E-state index contributed by atoms with van der Waals surface area (Å²) in [4.78, 5) is 0. The maximum atomic E-state index is 12.5. The minimum Gasteiger partial charge on any atom is -0.399 e. The van der Waals surface area contributed by atoms with Gasteiger partial charge in [-0.1, -0.05) is 11.6 Å². The maximum absolute atomic E-state index is 12.5. The second-order valence-corrected chi connectivity index (χ2v) is 4.80. The number of hydrogen-bond donors (Lipinski definition) is 2. The fraction of sp³-hybridized carbons (Fsp3) is 0.143. The molecule has 0 aliphatic rings. The van der Waals surface area contributed by atoms with E-state index in [9.17, 15) is 13.2 Å². The van der Waals surface area contributed by atoms with Crippen molar-refractivity contribution in [2.45, 2.75) is 13.1 Å². The molecule has 0 heterocycles. The number of nitrogens with two attached hydrogens (primary N) is 1. The van der Waals surface area contributed by atoms with Gasteiger partial charge in [-0.05, 0) is 48.9 Å². The summed E-state index contributed by atoms with van der Waals surface area (Å²) in [7, 11) is 0. The van der Waals surface area contributed by atoms with Crippen LogP contribution in [0.1, 0.15) is 11.1 Å². The normalized spacial score (nSPS) is 11.4. The predicted octanol–water partition coefficient (Wildman–Crippen LogP) is 4.99. The van der Waals surface area contributed by atoms with Gasteiger partial charge in [0, 0.05) is 11.4 Å². The van der Waals surface area contributed by atoms with Crippen molar-refractivity contribution in [2.75, 3.05) is 11.1 Å². The summed E-state index contributed by atoms with van der Waals surface area (Å²) < 4.78 is 37.6. The van der Waals surface area contributed by atoms with Gasteiger partial charge >= 0.3 is 6.18 Å². The molecule has 0 spiro atoms. The lowest BCUT2D eigenvalue weighted by Gasteiger charge is -2.13. The van der Waals surface area contributed by atoms with E-state index in [1.54, 1.807) is 18.2 Å². The third-order valence-corrected chi connectivity index (χ3v) is 3.13. The fourth-order valence-corrected chi connectivity index (χ4v) is 1.99. The summed E-state index contributed by atoms with van der Waals surface area (Å²) in [5, 5.41) is 3.00. The summed E-state index contributed by atoms with van der Waals surface area (Å²) in [5.41, 5.74) is 7.50. The molecule has 0 radical (unpaired) electrons. The van der Waals surface area contributed by atoms with E-state index in [1.807, 2.05) is 6.92 Å². The predicted molar refractivity (Wildman–Crippen MR) is 75.3 cm³/mol. The number of nitrogen functional groups attached to an aromatic ring is 1. The monoisotopic (exact) mass is 300 g/mol. The molecule has 0 atom stereocenters. The lowest BCUT2D eigenvalue weighted by molar-refractivity contribution is -0.137. The topological polar surface area (TPSA) is 38.0 Å². The molecule has 0 bridgehead atoms. The number of benzene rings is 2. The Morgan fingerprint density at radius 3 is 2.25 bits per heavy atom. The summed E-state index contributed by atoms with van der Waals surface area (Å²) in [6.45, 7) is 1.84. The highest BCUT2D eigenvalue weighted by molar-refractivity contribution is 6.33. The van der Waals surface area contributed by atoms with E-state index in [2.05, 4.69) is 5.32 Å². The largest absolute Gasteiger partial charge is 0.416 e. The summed E-state index contributed by atoms with van der Waals surface area (Å²) in [5.74, 6) is 0. The highest BCUT2D eigenvalue weighted by atomic mass is 35.5. The van der Waals surface area contributed by atoms with E-state index in [-0.39, 0.29) is 5.02 Å². The van der Waals surface area contributed by atoms with Gasteiger partial charge in [-0.2, -0.15) is 13.2 Å². The van der Waals surface area contributed by atoms with Crippen LogP contribution < -0.4 is 11.1 Å². The molecule has 0 saturated heterocycles. The van der Waals surface area contributed by atoms with Gasteiger partial charge in [0.2, 0.25) is 0 Å². The molecular weight excluding hydrogens is 289 g/mol. The minimum atomic E-state index is -4.40. The fourth-order valence-electron chi connectivity index (χ4n) is 1.77. The molecule has 3 N–H and O–H groups in total. The van der Waals surface area contributed by atoms with Crippen LogP contribution in [0.25, 0.3) is 0 Å². The van der Waals surface area contributed by atoms with Crippen molar-refractivity contribution < 1.29 is 13.2 Å². The van der Waals surface area contributed by atoms with Crippen LogP contribution in [0.4, 0.5) is 30.2 Å². The van der Waals surface area contributed by atoms with Crippen LogP contribution in [0.2, 0.25) is 5.02 Å². The third kappa shape index (κ3) is 3.17. The number of anilines is 3. The lowest BCUT2D eigenvalue weighted by atomic mass is 10.1. The highest BCUT2D eigenvalue weighted by Gasteiger charge is 2.30. The van der Waals surface area contributed by atoms with Gasteiger partial charge in [0.1, 0.15) is 0 Å². The van der Waals surface area contributed by atoms with Gasteiger partial charge in [-0.25, -0.2) is 0 Å². The van der Waals surface area contributed by atoms with E-state index in [1.165, 1.54) is 6.07 Å². The first-order chi connectivity index (χ1) is 9.27. The quantitative estimate of drug-likeness (QED) is 0.767. The smallest absolute Gasteiger partial charge is 0.399 e. The third-order valence-electron chi connectivity index (χ3n) is 2.82. The number of hydrogen-bond acceptors (Lipinski definition) is 2. The van der Waals surface area contributed by atoms with Crippen LogP contribution in [-0.2, 0) is 6.18 Å². The molecule has 6 heteroatoms. The van der Waals surface area contributed by atoms with Crippen LogP contribution in [0.15, 0.2) is 36.4 Å². The Morgan fingerprint density at radius 1 is 1.05 bits per heavy atom. The molecule has 0 aliphatic heterocycles. The van der Waals surface area contributed by atoms with E-state index in [0.717, 1.165) is 23.4 Å². The Balaban J connectivity index is 2.30. The molecule has 20 heavy (non-hydrogen) atoms. The molecule has 2 nitrogen and oxygen atoms in total. The molecule has 2 aromatic rings. The zero-order chi connectivity index (χ0) is 14.9. The van der Waals surface area contributed by atoms with Crippen molar-refractivity contribution >= 4 is 28.7 Å². The molecule has 0 amide bonds. The Bertz CT molecular complexity index is 639. The van der Waals surface area contributed by atoms with Crippen molar-refractivity contribution in [3.63, 3.8) is 0 Å². The first-order valence-electron chi connectivity index (χ1n) is 5.77. The van der Waals surface area contributed by atoms with Crippen molar-refractivity contribution in [3.8, 4) is 0 Å². The van der Waals surface area contributed by atoms with Gasteiger partial charge in [-0.15, -0.1) is 0 Å². The molecule has 0 aliphatic carbocycles. The zero-order valence-corrected chi connectivity index (χ0v) is 11.3. The minimum absolute atomic E-state index is 0.0102. The first kappa shape index (κ1) is 14.5. The lowest BCUT2D eigenvalue weighted by Crippen LogP contribution is -2.05. The number of alkyl halides is 3. The van der Waals surface area contributed by atoms with Crippen LogP contribution in [0.3, 0.4) is 0 Å². The Labute approximate surface area is 119 Å². The Hall–Kier alpha value is -1.88. The first-order valence-corrected chi connectivity index (χ1v) is 6.15. The van der Waals surface area contributed by atoms with Gasteiger partial charge in [0.15, 0.2) is 0 Å². The molecule has 2 aromatic carbocycles. The average Bonchev–Trinajstić information content (AvgIpc) is 2.33. The number of halogens is 4. The van der Waals surface area contributed by atoms with Crippen molar-refractivity contribution in [1.82, 2.24) is 0 Å². The second-order valence-electron chi connectivity index (χ2n) is 4.39. The molecule has 0 saturated carbocycles. The average molecular weight is 301 g/mol. The zero-order valence-electron chi connectivity index (χ0n) is 10.6. The molecule has 106 valence electrons. The number of rotatable bonds is 2. The molecule has 0 fully saturated rings. The highest BCUT2D eigenvalue weighted by Crippen LogP contribution is 2.35. The van der Waals surface area contributed by atoms with Gasteiger partial charge in [-0.3, -0.25) is 0 Å². The van der Waals surface area contributed by atoms with E-state index >= 15 is 0 Å². The SMILES string of the molecule is Cc1cc(N)ccc1Nc1ccc(C(F)(F)F)cc1Cl. The van der Waals surface area contributed by atoms with E-state index < -0.39 is 11.7 Å². The summed E-state index contributed by atoms with van der Waals surface area (Å²) in [6.07, 6.45) is -4.40. The second kappa shape index (κ2) is 5.25. The summed E-state index contributed by atoms with van der Waals surface area (Å²) >= 11 is 5.88. The van der Waals surface area contributed by atoms with E-state index in [0.29, 0.717) is 11.4 Å². The number of nitrogens with one attached hydrogen (secondary N) is 1. The molecule has 2 rings (SSSR count). The van der Waals surface area contributed by atoms with Crippen molar-refractivity contribution in [3.05, 3.63) is 52.5 Å². The maximum Gasteiger partial charge on any atom is 0.416 e. The van der Waals surface area contributed by atoms with Gasteiger partial charge in [0.05, 0.1) is 16.3 Å². The molecule has 0 aromatic heterocycles. The summed E-state index contributed by atoms with van der Waals surface area (Å²) in [6, 6.07) is 8.41. The van der Waals surface area contributed by atoms with Crippen LogP contribution in [-0.4, -0.2) is 0 Å².